The van der Waals surface area contributed by atoms with Gasteiger partial charge in [-0.3, -0.25) is 9.78 Å². The second kappa shape index (κ2) is 7.30. The lowest BCUT2D eigenvalue weighted by atomic mass is 9.46. The van der Waals surface area contributed by atoms with E-state index in [0.29, 0.717) is 11.8 Å². The number of pyridine rings is 1. The highest BCUT2D eigenvalue weighted by atomic mass is 16.4. The molecule has 3 heteroatoms. The van der Waals surface area contributed by atoms with Gasteiger partial charge in [0.15, 0.2) is 0 Å². The van der Waals surface area contributed by atoms with Crippen LogP contribution >= 0.6 is 0 Å². The first-order valence-corrected chi connectivity index (χ1v) is 12.9. The van der Waals surface area contributed by atoms with Crippen LogP contribution in [0.5, 0.6) is 0 Å². The Morgan fingerprint density at radius 2 is 1.84 bits per heavy atom. The van der Waals surface area contributed by atoms with Gasteiger partial charge in [-0.25, -0.2) is 0 Å². The molecule has 1 N–H and O–H groups in total. The molecule has 7 atom stereocenters. The minimum Gasteiger partial charge on any atom is -0.481 e. The van der Waals surface area contributed by atoms with Crippen molar-refractivity contribution in [2.24, 2.45) is 46.3 Å². The van der Waals surface area contributed by atoms with E-state index in [4.69, 9.17) is 0 Å². The number of aliphatic carboxylic acids is 1. The minimum absolute atomic E-state index is 0.103. The summed E-state index contributed by atoms with van der Waals surface area (Å²) in [5.74, 6) is 2.40. The minimum atomic E-state index is -0.538. The summed E-state index contributed by atoms with van der Waals surface area (Å²) in [5.41, 5.74) is 5.01. The van der Waals surface area contributed by atoms with Crippen LogP contribution in [0.1, 0.15) is 77.2 Å². The molecule has 0 aromatic carbocycles. The number of carboxylic acids is 1. The first kappa shape index (κ1) is 20.7. The topological polar surface area (TPSA) is 50.2 Å². The van der Waals surface area contributed by atoms with E-state index in [-0.39, 0.29) is 16.7 Å². The van der Waals surface area contributed by atoms with Crippen LogP contribution in [0.25, 0.3) is 5.57 Å². The van der Waals surface area contributed by atoms with Gasteiger partial charge in [-0.1, -0.05) is 37.6 Å². The summed E-state index contributed by atoms with van der Waals surface area (Å²) in [5, 5.41) is 9.90. The fourth-order valence-corrected chi connectivity index (χ4v) is 8.78. The zero-order valence-electron chi connectivity index (χ0n) is 19.6. The molecule has 0 radical (unpaired) electrons. The molecule has 6 rings (SSSR count). The number of carboxylic acid groups (broad SMARTS) is 1. The Morgan fingerprint density at radius 3 is 2.56 bits per heavy atom. The van der Waals surface area contributed by atoms with E-state index >= 15 is 0 Å². The SMILES string of the molecule is C[C@]12CC[C@H](C(C(=O)O)C3CC3)CC1=CC[C@@H]1[C@@H]2CC[C@]2(C)C(c3cccnc3)=CC[C@@H]12. The Morgan fingerprint density at radius 1 is 1.03 bits per heavy atom. The molecule has 1 heterocycles. The number of allylic oxidation sites excluding steroid dienone is 4. The van der Waals surface area contributed by atoms with Crippen LogP contribution in [0.2, 0.25) is 0 Å². The summed E-state index contributed by atoms with van der Waals surface area (Å²) in [6, 6.07) is 4.30. The number of rotatable bonds is 4. The first-order chi connectivity index (χ1) is 15.4. The molecule has 0 aliphatic heterocycles. The average molecular weight is 432 g/mol. The van der Waals surface area contributed by atoms with E-state index in [9.17, 15) is 9.90 Å². The summed E-state index contributed by atoms with van der Waals surface area (Å²) in [6.45, 7) is 5.05. The molecule has 3 saturated carbocycles. The molecule has 1 aromatic heterocycles. The van der Waals surface area contributed by atoms with E-state index in [2.05, 4.69) is 43.1 Å². The van der Waals surface area contributed by atoms with Gasteiger partial charge in [-0.05, 0) is 115 Å². The molecular formula is C29H37NO2. The van der Waals surface area contributed by atoms with Gasteiger partial charge in [0.1, 0.15) is 0 Å². The third kappa shape index (κ3) is 2.99. The average Bonchev–Trinajstić information content (AvgIpc) is 3.54. The predicted octanol–water partition coefficient (Wildman–Crippen LogP) is 6.76. The lowest BCUT2D eigenvalue weighted by molar-refractivity contribution is -0.145. The molecule has 3 nitrogen and oxygen atoms in total. The third-order valence-electron chi connectivity index (χ3n) is 10.6. The smallest absolute Gasteiger partial charge is 0.307 e. The van der Waals surface area contributed by atoms with Crippen molar-refractivity contribution in [3.8, 4) is 0 Å². The zero-order chi connectivity index (χ0) is 22.1. The molecule has 32 heavy (non-hydrogen) atoms. The van der Waals surface area contributed by atoms with E-state index in [1.807, 2.05) is 12.4 Å². The molecule has 0 amide bonds. The zero-order valence-corrected chi connectivity index (χ0v) is 19.6. The Bertz CT molecular complexity index is 976. The molecule has 5 aliphatic carbocycles. The van der Waals surface area contributed by atoms with Crippen molar-refractivity contribution in [2.75, 3.05) is 0 Å². The Balaban J connectivity index is 1.26. The molecule has 1 unspecified atom stereocenters. The Kier molecular flexibility index (Phi) is 4.72. The van der Waals surface area contributed by atoms with E-state index in [0.717, 1.165) is 43.4 Å². The molecule has 0 bridgehead atoms. The van der Waals surface area contributed by atoms with Gasteiger partial charge in [-0.15, -0.1) is 0 Å². The van der Waals surface area contributed by atoms with Crippen molar-refractivity contribution in [2.45, 2.75) is 71.6 Å². The van der Waals surface area contributed by atoms with Gasteiger partial charge in [0, 0.05) is 12.4 Å². The number of hydrogen-bond acceptors (Lipinski definition) is 2. The highest BCUT2D eigenvalue weighted by Crippen LogP contribution is 2.67. The van der Waals surface area contributed by atoms with Gasteiger partial charge in [0.05, 0.1) is 5.92 Å². The summed E-state index contributed by atoms with van der Waals surface area (Å²) in [7, 11) is 0. The van der Waals surface area contributed by atoms with Crippen LogP contribution in [-0.2, 0) is 4.79 Å². The predicted molar refractivity (Wildman–Crippen MR) is 127 cm³/mol. The molecule has 1 aromatic rings. The van der Waals surface area contributed by atoms with E-state index < -0.39 is 5.97 Å². The maximum Gasteiger partial charge on any atom is 0.307 e. The monoisotopic (exact) mass is 431 g/mol. The van der Waals surface area contributed by atoms with Crippen LogP contribution in [0.4, 0.5) is 0 Å². The second-order valence-electron chi connectivity index (χ2n) is 12.0. The van der Waals surface area contributed by atoms with Crippen LogP contribution in [-0.4, -0.2) is 16.1 Å². The second-order valence-corrected chi connectivity index (χ2v) is 12.0. The first-order valence-electron chi connectivity index (χ1n) is 12.9. The quantitative estimate of drug-likeness (QED) is 0.536. The van der Waals surface area contributed by atoms with Crippen LogP contribution in [0, 0.1) is 46.3 Å². The summed E-state index contributed by atoms with van der Waals surface area (Å²) in [6.07, 6.45) is 19.6. The van der Waals surface area contributed by atoms with Gasteiger partial charge in [-0.2, -0.15) is 0 Å². The third-order valence-corrected chi connectivity index (χ3v) is 10.6. The van der Waals surface area contributed by atoms with Crippen molar-refractivity contribution in [1.29, 1.82) is 0 Å². The number of fused-ring (bicyclic) bond motifs is 5. The standard InChI is InChI=1S/C29H37NO2/c1-28-13-11-19(26(27(31)32)18-5-6-18)16-21(28)7-8-22-24-10-9-23(20-4-3-15-30-17-20)29(24,2)14-12-25(22)28/h3-4,7,9,15,17-19,22,24-26H,5-6,8,10-14,16H2,1-2H3,(H,31,32)/t19-,22-,24-,25-,26?,28-,29+/m0/s1. The van der Waals surface area contributed by atoms with E-state index in [1.165, 1.54) is 43.2 Å². The van der Waals surface area contributed by atoms with Gasteiger partial charge < -0.3 is 5.11 Å². The fourth-order valence-electron chi connectivity index (χ4n) is 8.78. The normalized spacial score (nSPS) is 41.6. The molecular weight excluding hydrogens is 394 g/mol. The van der Waals surface area contributed by atoms with Crippen LogP contribution < -0.4 is 0 Å². The molecule has 0 spiro atoms. The lowest BCUT2D eigenvalue weighted by Crippen LogP contribution is -2.50. The summed E-state index contributed by atoms with van der Waals surface area (Å²) >= 11 is 0. The number of aromatic nitrogens is 1. The summed E-state index contributed by atoms with van der Waals surface area (Å²) < 4.78 is 0. The van der Waals surface area contributed by atoms with Crippen LogP contribution in [0.3, 0.4) is 0 Å². The fraction of sp³-hybridized carbons (Fsp3) is 0.655. The van der Waals surface area contributed by atoms with Crippen LogP contribution in [0.15, 0.2) is 42.3 Å². The van der Waals surface area contributed by atoms with Crippen molar-refractivity contribution < 1.29 is 9.90 Å². The van der Waals surface area contributed by atoms with Gasteiger partial charge in [0.2, 0.25) is 0 Å². The highest BCUT2D eigenvalue weighted by Gasteiger charge is 2.57. The van der Waals surface area contributed by atoms with Gasteiger partial charge >= 0.3 is 5.97 Å². The number of nitrogens with zero attached hydrogens (tertiary/aromatic N) is 1. The number of hydrogen-bond donors (Lipinski definition) is 1. The molecule has 3 fully saturated rings. The van der Waals surface area contributed by atoms with Gasteiger partial charge in [0.25, 0.3) is 0 Å². The van der Waals surface area contributed by atoms with Crippen molar-refractivity contribution in [3.63, 3.8) is 0 Å². The lowest BCUT2D eigenvalue weighted by Gasteiger charge is -2.58. The largest absolute Gasteiger partial charge is 0.481 e. The maximum absolute atomic E-state index is 12.0. The van der Waals surface area contributed by atoms with Crippen molar-refractivity contribution >= 4 is 11.5 Å². The van der Waals surface area contributed by atoms with Crippen molar-refractivity contribution in [3.05, 3.63) is 47.8 Å². The molecule has 0 saturated heterocycles. The highest BCUT2D eigenvalue weighted by molar-refractivity contribution is 5.72. The maximum atomic E-state index is 12.0. The molecule has 170 valence electrons. The Hall–Kier alpha value is -1.90. The molecule has 5 aliphatic rings. The van der Waals surface area contributed by atoms with E-state index in [1.54, 1.807) is 5.57 Å². The number of carbonyl (C=O) groups is 1. The Labute approximate surface area is 192 Å². The summed E-state index contributed by atoms with van der Waals surface area (Å²) in [4.78, 5) is 16.4. The van der Waals surface area contributed by atoms with Crippen molar-refractivity contribution in [1.82, 2.24) is 4.98 Å².